The Hall–Kier alpha value is -2.37. The predicted octanol–water partition coefficient (Wildman–Crippen LogP) is 1.91. The van der Waals surface area contributed by atoms with Crippen molar-refractivity contribution in [2.75, 3.05) is 11.1 Å². The first-order chi connectivity index (χ1) is 9.31. The molecule has 1 rings (SSSR count). The lowest BCUT2D eigenvalue weighted by Gasteiger charge is -2.11. The van der Waals surface area contributed by atoms with Crippen LogP contribution in [0.5, 0.6) is 0 Å². The molecule has 0 bridgehead atoms. The second-order valence-electron chi connectivity index (χ2n) is 4.76. The van der Waals surface area contributed by atoms with Gasteiger partial charge in [-0.1, -0.05) is 13.8 Å². The molecular formula is C14H18N2O4. The van der Waals surface area contributed by atoms with Gasteiger partial charge in [0.25, 0.3) is 0 Å². The molecule has 0 fully saturated rings. The summed E-state index contributed by atoms with van der Waals surface area (Å²) in [6.45, 7) is 3.52. The number of nitrogens with one attached hydrogen (secondary N) is 1. The van der Waals surface area contributed by atoms with E-state index in [1.807, 2.05) is 0 Å². The lowest BCUT2D eigenvalue weighted by Crippen LogP contribution is -2.18. The normalized spacial score (nSPS) is 10.3. The molecule has 6 heteroatoms. The van der Waals surface area contributed by atoms with Crippen molar-refractivity contribution in [2.45, 2.75) is 26.7 Å². The summed E-state index contributed by atoms with van der Waals surface area (Å²) in [5, 5.41) is 11.2. The zero-order chi connectivity index (χ0) is 15.3. The first kappa shape index (κ1) is 15.7. The van der Waals surface area contributed by atoms with Gasteiger partial charge in [0.05, 0.1) is 17.8 Å². The lowest BCUT2D eigenvalue weighted by atomic mass is 10.0. The highest BCUT2D eigenvalue weighted by Crippen LogP contribution is 2.21. The number of hydrogen-bond donors (Lipinski definition) is 3. The summed E-state index contributed by atoms with van der Waals surface area (Å²) in [5.41, 5.74) is 6.84. The van der Waals surface area contributed by atoms with Gasteiger partial charge in [-0.15, -0.1) is 0 Å². The summed E-state index contributed by atoms with van der Waals surface area (Å²) in [6, 6.07) is 4.51. The minimum absolute atomic E-state index is 0.0769. The number of ketones is 1. The van der Waals surface area contributed by atoms with Crippen LogP contribution in [0, 0.1) is 5.92 Å². The topological polar surface area (TPSA) is 109 Å². The molecule has 0 aromatic heterocycles. The molecule has 0 saturated carbocycles. The molecule has 0 saturated heterocycles. The van der Waals surface area contributed by atoms with Gasteiger partial charge >= 0.3 is 5.97 Å². The lowest BCUT2D eigenvalue weighted by molar-refractivity contribution is -0.137. The number of aliphatic carboxylic acids is 1. The largest absolute Gasteiger partial charge is 0.481 e. The number of rotatable bonds is 6. The summed E-state index contributed by atoms with van der Waals surface area (Å²) >= 11 is 0. The van der Waals surface area contributed by atoms with Crippen LogP contribution in [0.1, 0.15) is 37.0 Å². The third-order valence-corrected chi connectivity index (χ3v) is 2.72. The zero-order valence-electron chi connectivity index (χ0n) is 11.5. The van der Waals surface area contributed by atoms with Crippen molar-refractivity contribution in [3.05, 3.63) is 23.8 Å². The van der Waals surface area contributed by atoms with E-state index in [4.69, 9.17) is 10.8 Å². The maximum Gasteiger partial charge on any atom is 0.303 e. The highest BCUT2D eigenvalue weighted by molar-refractivity contribution is 6.00. The van der Waals surface area contributed by atoms with Crippen LogP contribution in [-0.4, -0.2) is 22.8 Å². The molecule has 0 spiro atoms. The van der Waals surface area contributed by atoms with Gasteiger partial charge in [-0.3, -0.25) is 14.4 Å². The molecule has 1 aromatic rings. The van der Waals surface area contributed by atoms with E-state index in [1.54, 1.807) is 19.9 Å². The highest BCUT2D eigenvalue weighted by Gasteiger charge is 2.12. The second kappa shape index (κ2) is 6.70. The van der Waals surface area contributed by atoms with E-state index in [9.17, 15) is 14.4 Å². The SMILES string of the molecule is CC(C)C(=O)Nc1ccc(C(=O)CCC(=O)O)cc1N. The Morgan fingerprint density at radius 2 is 1.90 bits per heavy atom. The summed E-state index contributed by atoms with van der Waals surface area (Å²) in [5.74, 6) is -1.65. The van der Waals surface area contributed by atoms with Crippen LogP contribution >= 0.6 is 0 Å². The number of benzene rings is 1. The molecule has 6 nitrogen and oxygen atoms in total. The fourth-order valence-electron chi connectivity index (χ4n) is 1.49. The van der Waals surface area contributed by atoms with Gasteiger partial charge in [0.15, 0.2) is 5.78 Å². The number of carbonyl (C=O) groups is 3. The number of hydrogen-bond acceptors (Lipinski definition) is 4. The summed E-state index contributed by atoms with van der Waals surface area (Å²) in [7, 11) is 0. The fraction of sp³-hybridized carbons (Fsp3) is 0.357. The van der Waals surface area contributed by atoms with Gasteiger partial charge in [0, 0.05) is 17.9 Å². The average Bonchev–Trinajstić information content (AvgIpc) is 2.37. The van der Waals surface area contributed by atoms with Crippen LogP contribution in [0.15, 0.2) is 18.2 Å². The molecular weight excluding hydrogens is 260 g/mol. The van der Waals surface area contributed by atoms with E-state index < -0.39 is 5.97 Å². The van der Waals surface area contributed by atoms with E-state index in [2.05, 4.69) is 5.32 Å². The smallest absolute Gasteiger partial charge is 0.303 e. The number of carboxylic acid groups (broad SMARTS) is 1. The predicted molar refractivity (Wildman–Crippen MR) is 75.5 cm³/mol. The molecule has 0 aliphatic heterocycles. The first-order valence-corrected chi connectivity index (χ1v) is 6.26. The van der Waals surface area contributed by atoms with Gasteiger partial charge in [-0.2, -0.15) is 0 Å². The van der Waals surface area contributed by atoms with Crippen molar-refractivity contribution in [3.63, 3.8) is 0 Å². The Balaban J connectivity index is 2.80. The second-order valence-corrected chi connectivity index (χ2v) is 4.76. The maximum atomic E-state index is 11.7. The quantitative estimate of drug-likeness (QED) is 0.544. The van der Waals surface area contributed by atoms with Crippen LogP contribution in [0.2, 0.25) is 0 Å². The van der Waals surface area contributed by atoms with Gasteiger partial charge < -0.3 is 16.2 Å². The van der Waals surface area contributed by atoms with E-state index in [-0.39, 0.29) is 36.1 Å². The fourth-order valence-corrected chi connectivity index (χ4v) is 1.49. The Bertz CT molecular complexity index is 538. The molecule has 108 valence electrons. The minimum atomic E-state index is -1.02. The number of nitrogen functional groups attached to an aromatic ring is 1. The summed E-state index contributed by atoms with van der Waals surface area (Å²) < 4.78 is 0. The molecule has 0 heterocycles. The van der Waals surface area contributed by atoms with Gasteiger partial charge in [-0.25, -0.2) is 0 Å². The third-order valence-electron chi connectivity index (χ3n) is 2.72. The van der Waals surface area contributed by atoms with Crippen LogP contribution in [0.25, 0.3) is 0 Å². The van der Waals surface area contributed by atoms with Crippen molar-refractivity contribution in [2.24, 2.45) is 5.92 Å². The van der Waals surface area contributed by atoms with Crippen molar-refractivity contribution in [1.29, 1.82) is 0 Å². The molecule has 20 heavy (non-hydrogen) atoms. The number of Topliss-reactive ketones (excluding diaryl/α,β-unsaturated/α-hetero) is 1. The highest BCUT2D eigenvalue weighted by atomic mass is 16.4. The molecule has 4 N–H and O–H groups in total. The molecule has 0 radical (unpaired) electrons. The maximum absolute atomic E-state index is 11.7. The van der Waals surface area contributed by atoms with E-state index >= 15 is 0 Å². The van der Waals surface area contributed by atoms with E-state index in [0.29, 0.717) is 11.3 Å². The van der Waals surface area contributed by atoms with Crippen molar-refractivity contribution < 1.29 is 19.5 Å². The molecule has 0 atom stereocenters. The van der Waals surface area contributed by atoms with Crippen molar-refractivity contribution in [3.8, 4) is 0 Å². The number of carboxylic acids is 1. The van der Waals surface area contributed by atoms with Crippen LogP contribution in [0.4, 0.5) is 11.4 Å². The number of carbonyl (C=O) groups excluding carboxylic acids is 2. The third kappa shape index (κ3) is 4.38. The molecule has 0 aliphatic carbocycles. The van der Waals surface area contributed by atoms with Gasteiger partial charge in [0.2, 0.25) is 5.91 Å². The Morgan fingerprint density at radius 3 is 2.40 bits per heavy atom. The monoisotopic (exact) mass is 278 g/mol. The van der Waals surface area contributed by atoms with E-state index in [0.717, 1.165) is 0 Å². The average molecular weight is 278 g/mol. The molecule has 1 amide bonds. The number of amides is 1. The van der Waals surface area contributed by atoms with Gasteiger partial charge in [0.1, 0.15) is 0 Å². The van der Waals surface area contributed by atoms with Crippen LogP contribution in [-0.2, 0) is 9.59 Å². The molecule has 0 aliphatic rings. The number of nitrogens with two attached hydrogens (primary N) is 1. The molecule has 0 unspecified atom stereocenters. The van der Waals surface area contributed by atoms with Gasteiger partial charge in [-0.05, 0) is 18.2 Å². The van der Waals surface area contributed by atoms with Crippen LogP contribution in [0.3, 0.4) is 0 Å². The van der Waals surface area contributed by atoms with Crippen LogP contribution < -0.4 is 11.1 Å². The van der Waals surface area contributed by atoms with Crippen molar-refractivity contribution >= 4 is 29.0 Å². The van der Waals surface area contributed by atoms with Crippen molar-refractivity contribution in [1.82, 2.24) is 0 Å². The number of anilines is 2. The standard InChI is InChI=1S/C14H18N2O4/c1-8(2)14(20)16-11-4-3-9(7-10(11)15)12(17)5-6-13(18)19/h3-4,7-8H,5-6,15H2,1-2H3,(H,16,20)(H,18,19). The van der Waals surface area contributed by atoms with E-state index in [1.165, 1.54) is 12.1 Å². The Labute approximate surface area is 117 Å². The summed E-state index contributed by atoms with van der Waals surface area (Å²) in [4.78, 5) is 33.7. The summed E-state index contributed by atoms with van der Waals surface area (Å²) in [6.07, 6.45) is -0.295. The zero-order valence-corrected chi connectivity index (χ0v) is 11.5. The molecule has 1 aromatic carbocycles. The first-order valence-electron chi connectivity index (χ1n) is 6.26. The Kier molecular flexibility index (Phi) is 5.25. The Morgan fingerprint density at radius 1 is 1.25 bits per heavy atom. The minimum Gasteiger partial charge on any atom is -0.481 e.